The molecule has 0 bridgehead atoms. The number of hydrogen-bond acceptors (Lipinski definition) is 4. The Bertz CT molecular complexity index is 1380. The number of nitrogens with zero attached hydrogens (tertiary/aromatic N) is 2. The van der Waals surface area contributed by atoms with Crippen molar-refractivity contribution in [3.05, 3.63) is 101 Å². The lowest BCUT2D eigenvalue weighted by molar-refractivity contribution is 0.0678. The van der Waals surface area contributed by atoms with Gasteiger partial charge in [0.1, 0.15) is 11.5 Å². The van der Waals surface area contributed by atoms with E-state index in [0.29, 0.717) is 5.56 Å². The third-order valence-electron chi connectivity index (χ3n) is 7.63. The summed E-state index contributed by atoms with van der Waals surface area (Å²) < 4.78 is 11.4. The third kappa shape index (κ3) is 4.85. The van der Waals surface area contributed by atoms with Crippen LogP contribution >= 0.6 is 0 Å². The molecule has 0 saturated heterocycles. The predicted molar refractivity (Wildman–Crippen MR) is 153 cm³/mol. The molecular weight excluding hydrogens is 472 g/mol. The number of methoxy groups -OCH3 is 2. The molecule has 1 fully saturated rings. The molecule has 0 radical (unpaired) electrons. The summed E-state index contributed by atoms with van der Waals surface area (Å²) in [6.45, 7) is 6.52. The Hall–Kier alpha value is -3.86. The van der Waals surface area contributed by atoms with Gasteiger partial charge in [0.2, 0.25) is 0 Å². The average molecular weight is 509 g/mol. The quantitative estimate of drug-likeness (QED) is 0.360. The first-order valence-electron chi connectivity index (χ1n) is 13.3. The van der Waals surface area contributed by atoms with E-state index in [1.165, 1.54) is 5.56 Å². The van der Waals surface area contributed by atoms with Gasteiger partial charge in [0.25, 0.3) is 5.91 Å². The number of carbonyl (C=O) groups is 1. The number of fused-ring (bicyclic) bond motifs is 1. The Labute approximate surface area is 225 Å². The molecule has 0 N–H and O–H groups in total. The fourth-order valence-corrected chi connectivity index (χ4v) is 5.61. The summed E-state index contributed by atoms with van der Waals surface area (Å²) in [6.07, 6.45) is 5.07. The van der Waals surface area contributed by atoms with Crippen LogP contribution in [0.5, 0.6) is 11.5 Å². The fraction of sp³-hybridized carbons (Fsp3) is 0.333. The monoisotopic (exact) mass is 508 g/mol. The Balaban J connectivity index is 1.59. The first kappa shape index (κ1) is 25.8. The molecule has 0 aromatic heterocycles. The van der Waals surface area contributed by atoms with Crippen LogP contribution in [-0.4, -0.2) is 30.8 Å². The average Bonchev–Trinajstić information content (AvgIpc) is 3.33. The summed E-state index contributed by atoms with van der Waals surface area (Å²) in [7, 11) is 3.37. The van der Waals surface area contributed by atoms with Crippen LogP contribution in [0.4, 0.5) is 0 Å². The molecule has 1 aliphatic carbocycles. The second kappa shape index (κ2) is 10.5. The van der Waals surface area contributed by atoms with Crippen molar-refractivity contribution in [1.82, 2.24) is 5.01 Å². The van der Waals surface area contributed by atoms with Gasteiger partial charge in [-0.15, -0.1) is 0 Å². The minimum atomic E-state index is -0.239. The van der Waals surface area contributed by atoms with Crippen LogP contribution < -0.4 is 9.47 Å². The Morgan fingerprint density at radius 2 is 1.58 bits per heavy atom. The summed E-state index contributed by atoms with van der Waals surface area (Å²) in [6, 6.07) is 23.7. The molecule has 1 aliphatic heterocycles. The molecule has 0 spiro atoms. The Morgan fingerprint density at radius 3 is 2.26 bits per heavy atom. The molecule has 1 saturated carbocycles. The van der Waals surface area contributed by atoms with Gasteiger partial charge in [-0.2, -0.15) is 5.10 Å². The van der Waals surface area contributed by atoms with Crippen LogP contribution in [0.3, 0.4) is 0 Å². The lowest BCUT2D eigenvalue weighted by Crippen LogP contribution is -2.32. The number of rotatable bonds is 5. The molecule has 5 heteroatoms. The SMILES string of the molecule is COc1ccccc1/C=C1/CCCC2C1=NN(C(=O)c1ccc(C(C)(C)C)cc1)C2c1ccccc1OC. The van der Waals surface area contributed by atoms with Crippen molar-refractivity contribution in [2.45, 2.75) is 51.5 Å². The van der Waals surface area contributed by atoms with Gasteiger partial charge in [-0.1, -0.05) is 69.3 Å². The molecule has 3 aromatic carbocycles. The minimum Gasteiger partial charge on any atom is -0.496 e. The molecule has 1 heterocycles. The first-order chi connectivity index (χ1) is 18.3. The Morgan fingerprint density at radius 1 is 0.921 bits per heavy atom. The highest BCUT2D eigenvalue weighted by Gasteiger charge is 2.45. The molecule has 2 atom stereocenters. The maximum Gasteiger partial charge on any atom is 0.274 e. The van der Waals surface area contributed by atoms with Gasteiger partial charge in [-0.05, 0) is 66.2 Å². The number of hydrazone groups is 1. The first-order valence-corrected chi connectivity index (χ1v) is 13.3. The van der Waals surface area contributed by atoms with Gasteiger partial charge < -0.3 is 9.47 Å². The summed E-state index contributed by atoms with van der Waals surface area (Å²) in [5.74, 6) is 1.59. The minimum absolute atomic E-state index is 0.0164. The zero-order valence-corrected chi connectivity index (χ0v) is 22.9. The molecule has 38 heavy (non-hydrogen) atoms. The molecule has 2 unspecified atom stereocenters. The van der Waals surface area contributed by atoms with Gasteiger partial charge in [0.05, 0.1) is 26.0 Å². The van der Waals surface area contributed by atoms with Crippen molar-refractivity contribution >= 4 is 17.7 Å². The van der Waals surface area contributed by atoms with Crippen LogP contribution in [-0.2, 0) is 5.41 Å². The van der Waals surface area contributed by atoms with Gasteiger partial charge in [0.15, 0.2) is 0 Å². The summed E-state index contributed by atoms with van der Waals surface area (Å²) in [5, 5.41) is 6.76. The highest BCUT2D eigenvalue weighted by molar-refractivity contribution is 6.09. The summed E-state index contributed by atoms with van der Waals surface area (Å²) in [4.78, 5) is 14.0. The van der Waals surface area contributed by atoms with Crippen molar-refractivity contribution in [2.24, 2.45) is 11.0 Å². The van der Waals surface area contributed by atoms with Crippen molar-refractivity contribution in [1.29, 1.82) is 0 Å². The van der Waals surface area contributed by atoms with Gasteiger partial charge in [-0.3, -0.25) is 4.79 Å². The number of carbonyl (C=O) groups excluding carboxylic acids is 1. The zero-order valence-electron chi connectivity index (χ0n) is 22.9. The Kier molecular flexibility index (Phi) is 7.11. The van der Waals surface area contributed by atoms with E-state index in [4.69, 9.17) is 14.6 Å². The second-order valence-corrected chi connectivity index (χ2v) is 11.1. The van der Waals surface area contributed by atoms with E-state index >= 15 is 0 Å². The van der Waals surface area contributed by atoms with Crippen LogP contribution in [0.25, 0.3) is 6.08 Å². The zero-order chi connectivity index (χ0) is 26.9. The number of allylic oxidation sites excluding steroid dienone is 1. The molecule has 5 nitrogen and oxygen atoms in total. The lowest BCUT2D eigenvalue weighted by Gasteiger charge is -2.30. The predicted octanol–water partition coefficient (Wildman–Crippen LogP) is 7.44. The van der Waals surface area contributed by atoms with Crippen LogP contribution in [0.1, 0.15) is 73.1 Å². The number of ether oxygens (including phenoxy) is 2. The molecule has 5 rings (SSSR count). The van der Waals surface area contributed by atoms with Crippen molar-refractivity contribution < 1.29 is 14.3 Å². The molecule has 1 amide bonds. The normalized spacial score (nSPS) is 20.2. The van der Waals surface area contributed by atoms with Crippen molar-refractivity contribution in [3.63, 3.8) is 0 Å². The van der Waals surface area contributed by atoms with Crippen molar-refractivity contribution in [2.75, 3.05) is 14.2 Å². The van der Waals surface area contributed by atoms with E-state index in [1.807, 2.05) is 48.5 Å². The standard InChI is InChI=1S/C33H36N2O3/c1-33(2,3)25-19-17-22(18-20-25)32(36)35-31(26-13-7-9-16-29(26)38-5)27-14-10-12-24(30(27)34-35)21-23-11-6-8-15-28(23)37-4/h6-9,11,13,15-21,27,31H,10,12,14H2,1-5H3/b24-21-. The molecule has 2 aliphatic rings. The van der Waals surface area contributed by atoms with E-state index in [-0.39, 0.29) is 23.3 Å². The summed E-state index contributed by atoms with van der Waals surface area (Å²) in [5.41, 5.74) is 5.99. The van der Waals surface area contributed by atoms with E-state index in [9.17, 15) is 4.79 Å². The number of amides is 1. The third-order valence-corrected chi connectivity index (χ3v) is 7.63. The van der Waals surface area contributed by atoms with E-state index in [0.717, 1.165) is 53.2 Å². The van der Waals surface area contributed by atoms with E-state index in [1.54, 1.807) is 19.2 Å². The molecule has 3 aromatic rings. The summed E-state index contributed by atoms with van der Waals surface area (Å²) >= 11 is 0. The molecule has 196 valence electrons. The number of hydrogen-bond donors (Lipinski definition) is 0. The van der Waals surface area contributed by atoms with E-state index < -0.39 is 0 Å². The molecular formula is C33H36N2O3. The maximum absolute atomic E-state index is 14.0. The number of benzene rings is 3. The van der Waals surface area contributed by atoms with Crippen LogP contribution in [0.15, 0.2) is 83.5 Å². The fourth-order valence-electron chi connectivity index (χ4n) is 5.61. The van der Waals surface area contributed by atoms with Gasteiger partial charge in [0, 0.05) is 22.6 Å². The van der Waals surface area contributed by atoms with Crippen molar-refractivity contribution in [3.8, 4) is 11.5 Å². The van der Waals surface area contributed by atoms with Gasteiger partial charge >= 0.3 is 0 Å². The largest absolute Gasteiger partial charge is 0.496 e. The topological polar surface area (TPSA) is 51.1 Å². The smallest absolute Gasteiger partial charge is 0.274 e. The van der Waals surface area contributed by atoms with E-state index in [2.05, 4.69) is 51.1 Å². The van der Waals surface area contributed by atoms with Crippen LogP contribution in [0, 0.1) is 5.92 Å². The van der Waals surface area contributed by atoms with Gasteiger partial charge in [-0.25, -0.2) is 5.01 Å². The highest BCUT2D eigenvalue weighted by Crippen LogP contribution is 2.47. The van der Waals surface area contributed by atoms with Crippen LogP contribution in [0.2, 0.25) is 0 Å². The highest BCUT2D eigenvalue weighted by atomic mass is 16.5. The lowest BCUT2D eigenvalue weighted by atomic mass is 9.77. The maximum atomic E-state index is 14.0. The second-order valence-electron chi connectivity index (χ2n) is 11.1. The number of para-hydroxylation sites is 2.